The molecule has 5 nitrogen and oxygen atoms in total. The number of morpholine rings is 1. The molecule has 0 radical (unpaired) electrons. The minimum Gasteiger partial charge on any atom is -0.379 e. The quantitative estimate of drug-likeness (QED) is 0.829. The fraction of sp³-hybridized carbons (Fsp3) is 0.944. The molecular weight excluding hydrogens is 290 g/mol. The zero-order chi connectivity index (χ0) is 16.4. The van der Waals surface area contributed by atoms with E-state index >= 15 is 0 Å². The van der Waals surface area contributed by atoms with Gasteiger partial charge in [-0.1, -0.05) is 26.7 Å². The maximum atomic E-state index is 13.3. The van der Waals surface area contributed by atoms with Crippen molar-refractivity contribution in [2.75, 3.05) is 39.4 Å². The van der Waals surface area contributed by atoms with Crippen LogP contribution in [0.5, 0.6) is 0 Å². The van der Waals surface area contributed by atoms with E-state index in [0.29, 0.717) is 29.7 Å². The molecule has 0 aromatic rings. The normalized spacial score (nSPS) is 33.2. The molecule has 1 saturated carbocycles. The zero-order valence-electron chi connectivity index (χ0n) is 14.7. The molecule has 0 bridgehead atoms. The summed E-state index contributed by atoms with van der Waals surface area (Å²) in [4.78, 5) is 17.8. The Bertz CT molecular complexity index is 407. The molecule has 3 fully saturated rings. The Morgan fingerprint density at radius 2 is 1.87 bits per heavy atom. The van der Waals surface area contributed by atoms with Gasteiger partial charge in [0.25, 0.3) is 0 Å². The molecule has 23 heavy (non-hydrogen) atoms. The van der Waals surface area contributed by atoms with E-state index in [2.05, 4.69) is 23.6 Å². The fourth-order valence-corrected chi connectivity index (χ4v) is 4.92. The first-order chi connectivity index (χ1) is 11.2. The molecule has 132 valence electrons. The Balaban J connectivity index is 1.72. The van der Waals surface area contributed by atoms with Crippen molar-refractivity contribution in [3.63, 3.8) is 0 Å². The van der Waals surface area contributed by atoms with Crippen LogP contribution in [0.1, 0.15) is 39.5 Å². The molecule has 2 aliphatic heterocycles. The number of hydrogen-bond acceptors (Lipinski definition) is 4. The summed E-state index contributed by atoms with van der Waals surface area (Å²) in [6.45, 7) is 9.50. The van der Waals surface area contributed by atoms with E-state index < -0.39 is 0 Å². The number of amides is 1. The Morgan fingerprint density at radius 1 is 1.17 bits per heavy atom. The van der Waals surface area contributed by atoms with Crippen LogP contribution in [0.15, 0.2) is 0 Å². The van der Waals surface area contributed by atoms with Gasteiger partial charge in [0, 0.05) is 32.2 Å². The lowest BCUT2D eigenvalue weighted by molar-refractivity contribution is -0.140. The van der Waals surface area contributed by atoms with Crippen molar-refractivity contribution < 1.29 is 9.53 Å². The van der Waals surface area contributed by atoms with Crippen LogP contribution in [-0.2, 0) is 9.53 Å². The first-order valence-corrected chi connectivity index (χ1v) is 9.51. The molecule has 4 unspecified atom stereocenters. The van der Waals surface area contributed by atoms with E-state index in [1.54, 1.807) is 0 Å². The molecule has 5 heteroatoms. The number of nitrogens with zero attached hydrogens (tertiary/aromatic N) is 2. The van der Waals surface area contributed by atoms with Gasteiger partial charge in [0.05, 0.1) is 19.3 Å². The lowest BCUT2D eigenvalue weighted by Crippen LogP contribution is -2.55. The molecule has 4 atom stereocenters. The minimum absolute atomic E-state index is 0.0314. The second-order valence-corrected chi connectivity index (χ2v) is 7.58. The van der Waals surface area contributed by atoms with E-state index in [4.69, 9.17) is 10.5 Å². The predicted octanol–water partition coefficient (Wildman–Crippen LogP) is 1.32. The number of carbonyl (C=O) groups excluding carboxylic acids is 1. The van der Waals surface area contributed by atoms with Gasteiger partial charge in [-0.3, -0.25) is 9.69 Å². The van der Waals surface area contributed by atoms with Crippen molar-refractivity contribution in [1.82, 2.24) is 9.80 Å². The second-order valence-electron chi connectivity index (χ2n) is 7.58. The van der Waals surface area contributed by atoms with Crippen LogP contribution < -0.4 is 5.73 Å². The highest BCUT2D eigenvalue weighted by Gasteiger charge is 2.45. The van der Waals surface area contributed by atoms with Gasteiger partial charge in [-0.25, -0.2) is 0 Å². The number of hydrogen-bond donors (Lipinski definition) is 1. The molecule has 0 aromatic heterocycles. The van der Waals surface area contributed by atoms with E-state index in [-0.39, 0.29) is 6.04 Å². The van der Waals surface area contributed by atoms with Crippen molar-refractivity contribution in [1.29, 1.82) is 0 Å². The van der Waals surface area contributed by atoms with Gasteiger partial charge in [0.1, 0.15) is 0 Å². The molecule has 2 N–H and O–H groups in total. The Kier molecular flexibility index (Phi) is 5.60. The van der Waals surface area contributed by atoms with Crippen molar-refractivity contribution in [3.05, 3.63) is 0 Å². The average molecular weight is 323 g/mol. The number of nitrogens with two attached hydrogens (primary N) is 1. The molecule has 2 heterocycles. The lowest BCUT2D eigenvalue weighted by atomic mass is 9.91. The van der Waals surface area contributed by atoms with Gasteiger partial charge in [-0.15, -0.1) is 0 Å². The Labute approximate surface area is 140 Å². The topological polar surface area (TPSA) is 58.8 Å². The van der Waals surface area contributed by atoms with Crippen LogP contribution in [0.2, 0.25) is 0 Å². The number of rotatable bonds is 5. The minimum atomic E-state index is 0.0314. The first-order valence-electron chi connectivity index (χ1n) is 9.51. The van der Waals surface area contributed by atoms with Gasteiger partial charge in [-0.05, 0) is 30.6 Å². The third-order valence-electron chi connectivity index (χ3n) is 6.41. The zero-order valence-corrected chi connectivity index (χ0v) is 14.7. The number of ether oxygens (including phenoxy) is 1. The molecular formula is C18H33N3O2. The maximum Gasteiger partial charge on any atom is 0.240 e. The third kappa shape index (κ3) is 3.42. The molecule has 1 amide bonds. The van der Waals surface area contributed by atoms with Crippen LogP contribution in [0.3, 0.4) is 0 Å². The van der Waals surface area contributed by atoms with Gasteiger partial charge >= 0.3 is 0 Å². The SMILES string of the molecule is CCC(CC)C(C(=O)N1CC2CCC(N)C2C1)N1CCOCC1. The summed E-state index contributed by atoms with van der Waals surface area (Å²) in [5.74, 6) is 1.96. The van der Waals surface area contributed by atoms with Crippen LogP contribution in [0.25, 0.3) is 0 Å². The smallest absolute Gasteiger partial charge is 0.240 e. The highest BCUT2D eigenvalue weighted by Crippen LogP contribution is 2.38. The first kappa shape index (κ1) is 17.2. The van der Waals surface area contributed by atoms with Crippen LogP contribution in [-0.4, -0.2) is 67.2 Å². The van der Waals surface area contributed by atoms with Gasteiger partial charge in [-0.2, -0.15) is 0 Å². The summed E-state index contributed by atoms with van der Waals surface area (Å²) < 4.78 is 5.49. The van der Waals surface area contributed by atoms with E-state index in [0.717, 1.165) is 58.7 Å². The highest BCUT2D eigenvalue weighted by molar-refractivity contribution is 5.82. The van der Waals surface area contributed by atoms with Crippen molar-refractivity contribution in [2.45, 2.75) is 51.6 Å². The van der Waals surface area contributed by atoms with Gasteiger partial charge in [0.15, 0.2) is 0 Å². The van der Waals surface area contributed by atoms with Crippen LogP contribution in [0, 0.1) is 17.8 Å². The maximum absolute atomic E-state index is 13.3. The summed E-state index contributed by atoms with van der Waals surface area (Å²) in [5, 5.41) is 0. The van der Waals surface area contributed by atoms with E-state index in [1.807, 2.05) is 0 Å². The molecule has 1 aliphatic carbocycles. The number of carbonyl (C=O) groups is 1. The van der Waals surface area contributed by atoms with Gasteiger partial charge < -0.3 is 15.4 Å². The molecule has 0 aromatic carbocycles. The van der Waals surface area contributed by atoms with E-state index in [9.17, 15) is 4.79 Å². The van der Waals surface area contributed by atoms with Crippen molar-refractivity contribution in [2.24, 2.45) is 23.5 Å². The summed E-state index contributed by atoms with van der Waals surface area (Å²) in [6, 6.07) is 0.330. The largest absolute Gasteiger partial charge is 0.379 e. The molecule has 3 aliphatic rings. The fourth-order valence-electron chi connectivity index (χ4n) is 4.92. The second kappa shape index (κ2) is 7.49. The van der Waals surface area contributed by atoms with E-state index in [1.165, 1.54) is 6.42 Å². The Morgan fingerprint density at radius 3 is 2.48 bits per heavy atom. The predicted molar refractivity (Wildman–Crippen MR) is 91.0 cm³/mol. The van der Waals surface area contributed by atoms with Crippen molar-refractivity contribution in [3.8, 4) is 0 Å². The Hall–Kier alpha value is -0.650. The average Bonchev–Trinajstić information content (AvgIpc) is 3.15. The summed E-state index contributed by atoms with van der Waals surface area (Å²) >= 11 is 0. The summed E-state index contributed by atoms with van der Waals surface area (Å²) in [5.41, 5.74) is 6.25. The molecule has 3 rings (SSSR count). The summed E-state index contributed by atoms with van der Waals surface area (Å²) in [6.07, 6.45) is 4.45. The molecule has 0 spiro atoms. The number of fused-ring (bicyclic) bond motifs is 1. The van der Waals surface area contributed by atoms with Crippen LogP contribution in [0.4, 0.5) is 0 Å². The lowest BCUT2D eigenvalue weighted by Gasteiger charge is -2.39. The third-order valence-corrected chi connectivity index (χ3v) is 6.41. The molecule has 2 saturated heterocycles. The van der Waals surface area contributed by atoms with Crippen molar-refractivity contribution >= 4 is 5.91 Å². The monoisotopic (exact) mass is 323 g/mol. The van der Waals surface area contributed by atoms with Crippen LogP contribution >= 0.6 is 0 Å². The standard InChI is InChI=1S/C18H33N3O2/c1-3-13(4-2)17(20-7-9-23-10-8-20)18(22)21-11-14-5-6-16(19)15(14)12-21/h13-17H,3-12,19H2,1-2H3. The summed E-state index contributed by atoms with van der Waals surface area (Å²) in [7, 11) is 0. The highest BCUT2D eigenvalue weighted by atomic mass is 16.5. The van der Waals surface area contributed by atoms with Gasteiger partial charge in [0.2, 0.25) is 5.91 Å². The number of likely N-dealkylation sites (tertiary alicyclic amines) is 1.